The molecule has 0 saturated carbocycles. The molecule has 1 aromatic carbocycles. The van der Waals surface area contributed by atoms with E-state index in [2.05, 4.69) is 6.58 Å². The molecule has 0 unspecified atom stereocenters. The molecule has 0 spiro atoms. The summed E-state index contributed by atoms with van der Waals surface area (Å²) in [6.07, 6.45) is 9.39. The van der Waals surface area contributed by atoms with Crippen LogP contribution in [0.3, 0.4) is 0 Å². The Bertz CT molecular complexity index is 613. The fraction of sp³-hybridized carbons (Fsp3) is 0.400. The van der Waals surface area contributed by atoms with Crippen LogP contribution in [0.15, 0.2) is 30.9 Å². The first kappa shape index (κ1) is 18.3. The van der Waals surface area contributed by atoms with Gasteiger partial charge in [-0.1, -0.05) is 23.6 Å². The third kappa shape index (κ3) is 5.85. The summed E-state index contributed by atoms with van der Waals surface area (Å²) < 4.78 is 1.16. The first-order valence-corrected chi connectivity index (χ1v) is 7.38. The number of non-ortho nitro benzene ring substituents is 1. The van der Waals surface area contributed by atoms with Crippen LogP contribution in [-0.4, -0.2) is 20.7 Å². The molecule has 0 heterocycles. The van der Waals surface area contributed by atoms with Gasteiger partial charge in [-0.3, -0.25) is 20.2 Å². The lowest BCUT2D eigenvalue weighted by molar-refractivity contribution is -0.465. The molecule has 0 bridgehead atoms. The largest absolute Gasteiger partial charge is 0.349 e. The highest BCUT2D eigenvalue weighted by Gasteiger charge is 2.26. The van der Waals surface area contributed by atoms with Crippen LogP contribution in [0.25, 0.3) is 0 Å². The van der Waals surface area contributed by atoms with E-state index >= 15 is 0 Å². The van der Waals surface area contributed by atoms with Crippen LogP contribution in [0, 0.1) is 20.2 Å². The smallest absolute Gasteiger partial charge is 0.258 e. The third-order valence-corrected chi connectivity index (χ3v) is 3.33. The van der Waals surface area contributed by atoms with Gasteiger partial charge in [-0.15, -0.1) is 6.58 Å². The maximum atomic E-state index is 11.1. The average molecular weight is 321 g/mol. The second-order valence-electron chi connectivity index (χ2n) is 5.06. The summed E-state index contributed by atoms with van der Waals surface area (Å²) in [5.41, 5.74) is -0.591. The maximum absolute atomic E-state index is 11.1. The number of nitrogens with two attached hydrogens (primary N) is 1. The number of nitrogens with zero attached hydrogens (tertiary/aromatic N) is 3. The highest BCUT2D eigenvalue weighted by molar-refractivity contribution is 5.61. The van der Waals surface area contributed by atoms with E-state index in [0.717, 1.165) is 42.9 Å². The zero-order valence-corrected chi connectivity index (χ0v) is 12.9. The number of unbranched alkanes of at least 4 members (excludes halogenated alkanes) is 5. The normalized spacial score (nSPS) is 11.2. The van der Waals surface area contributed by atoms with Crippen molar-refractivity contribution in [1.82, 2.24) is 0 Å². The fourth-order valence-electron chi connectivity index (χ4n) is 2.11. The minimum Gasteiger partial charge on any atom is -0.258 e. The van der Waals surface area contributed by atoms with Crippen molar-refractivity contribution < 1.29 is 14.5 Å². The first-order valence-electron chi connectivity index (χ1n) is 7.38. The molecule has 124 valence electrons. The molecule has 1 rings (SSSR count). The number of nitro benzene ring substituents is 2. The number of allylic oxidation sites excluding steroid dienone is 1. The average Bonchev–Trinajstić information content (AvgIpc) is 2.53. The van der Waals surface area contributed by atoms with Gasteiger partial charge < -0.3 is 0 Å². The zero-order chi connectivity index (χ0) is 17.2. The topological polar surface area (TPSA) is 115 Å². The summed E-state index contributed by atoms with van der Waals surface area (Å²) in [5, 5.41) is 21.8. The number of rotatable bonds is 10. The molecule has 0 aliphatic rings. The van der Waals surface area contributed by atoms with Crippen molar-refractivity contribution in [2.45, 2.75) is 38.5 Å². The molecular weight excluding hydrogens is 300 g/mol. The number of hydrogen-bond donors (Lipinski definition) is 1. The Morgan fingerprint density at radius 3 is 2.22 bits per heavy atom. The minimum atomic E-state index is -0.676. The minimum absolute atomic E-state index is 0.132. The Kier molecular flexibility index (Phi) is 7.38. The zero-order valence-electron chi connectivity index (χ0n) is 12.9. The van der Waals surface area contributed by atoms with E-state index in [1.165, 1.54) is 12.1 Å². The second kappa shape index (κ2) is 9.29. The standard InChI is InChI=1S/C15H21N4O4/c1-2-3-4-5-6-7-8-11-17(16)14-10-9-13(18(20)21)12-15(14)19(22)23/h2,9-12H,1,3-8,16H2/q+1. The van der Waals surface area contributed by atoms with Crippen LogP contribution >= 0.6 is 0 Å². The monoisotopic (exact) mass is 321 g/mol. The van der Waals surface area contributed by atoms with E-state index in [4.69, 9.17) is 5.84 Å². The lowest BCUT2D eigenvalue weighted by Crippen LogP contribution is -2.16. The van der Waals surface area contributed by atoms with Crippen LogP contribution in [0.1, 0.15) is 38.5 Å². The summed E-state index contributed by atoms with van der Waals surface area (Å²) in [6.45, 7) is 3.66. The quantitative estimate of drug-likeness (QED) is 0.134. The Balaban J connectivity index is 2.72. The number of hydrazone groups is 1. The predicted molar refractivity (Wildman–Crippen MR) is 87.8 cm³/mol. The summed E-state index contributed by atoms with van der Waals surface area (Å²) in [7, 11) is 0. The van der Waals surface area contributed by atoms with Crippen LogP contribution < -0.4 is 5.84 Å². The molecule has 0 fully saturated rings. The molecule has 8 nitrogen and oxygen atoms in total. The number of benzene rings is 1. The molecule has 0 radical (unpaired) electrons. The van der Waals surface area contributed by atoms with E-state index in [1.54, 1.807) is 6.21 Å². The highest BCUT2D eigenvalue weighted by atomic mass is 16.6. The molecule has 0 aliphatic heterocycles. The molecule has 8 heteroatoms. The lowest BCUT2D eigenvalue weighted by atomic mass is 10.1. The van der Waals surface area contributed by atoms with E-state index in [1.807, 2.05) is 6.08 Å². The maximum Gasteiger partial charge on any atom is 0.349 e. The Hall–Kier alpha value is -2.77. The molecule has 23 heavy (non-hydrogen) atoms. The van der Waals surface area contributed by atoms with Crippen molar-refractivity contribution in [2.75, 3.05) is 0 Å². The Labute approximate surface area is 134 Å². The molecule has 0 aromatic heterocycles. The van der Waals surface area contributed by atoms with E-state index in [-0.39, 0.29) is 17.1 Å². The lowest BCUT2D eigenvalue weighted by Gasteiger charge is -1.99. The molecule has 1 aromatic rings. The van der Waals surface area contributed by atoms with Gasteiger partial charge in [0.1, 0.15) is 6.07 Å². The SMILES string of the molecule is C=CCCCCCCC=[N+](N)c1ccc([N+](=O)[O-])cc1[N+](=O)[O-]. The van der Waals surface area contributed by atoms with E-state index in [0.29, 0.717) is 6.42 Å². The van der Waals surface area contributed by atoms with Crippen molar-refractivity contribution in [3.05, 3.63) is 51.1 Å². The molecule has 2 N–H and O–H groups in total. The summed E-state index contributed by atoms with van der Waals surface area (Å²) in [4.78, 5) is 20.4. The van der Waals surface area contributed by atoms with Gasteiger partial charge in [-0.2, -0.15) is 0 Å². The van der Waals surface area contributed by atoms with Crippen LogP contribution in [0.4, 0.5) is 17.1 Å². The predicted octanol–water partition coefficient (Wildman–Crippen LogP) is 3.62. The van der Waals surface area contributed by atoms with Crippen LogP contribution in [0.5, 0.6) is 0 Å². The van der Waals surface area contributed by atoms with Gasteiger partial charge in [0.15, 0.2) is 6.21 Å². The Morgan fingerprint density at radius 1 is 1.00 bits per heavy atom. The van der Waals surface area contributed by atoms with Gasteiger partial charge in [-0.05, 0) is 19.3 Å². The summed E-state index contributed by atoms with van der Waals surface area (Å²) in [6, 6.07) is 3.40. The summed E-state index contributed by atoms with van der Waals surface area (Å²) in [5.74, 6) is 5.81. The number of nitro groups is 2. The molecule has 0 aliphatic carbocycles. The first-order chi connectivity index (χ1) is 11.0. The highest BCUT2D eigenvalue weighted by Crippen LogP contribution is 2.29. The van der Waals surface area contributed by atoms with Crippen molar-refractivity contribution >= 4 is 23.3 Å². The molecular formula is C15H21N4O4+. The van der Waals surface area contributed by atoms with Gasteiger partial charge >= 0.3 is 11.4 Å². The molecule has 0 amide bonds. The van der Waals surface area contributed by atoms with Crippen molar-refractivity contribution in [3.8, 4) is 0 Å². The Morgan fingerprint density at radius 2 is 1.65 bits per heavy atom. The van der Waals surface area contributed by atoms with Gasteiger partial charge in [0.05, 0.1) is 9.85 Å². The van der Waals surface area contributed by atoms with E-state index < -0.39 is 9.85 Å². The van der Waals surface area contributed by atoms with Crippen molar-refractivity contribution in [1.29, 1.82) is 0 Å². The van der Waals surface area contributed by atoms with Crippen LogP contribution in [0.2, 0.25) is 0 Å². The number of hydrazine groups is 1. The van der Waals surface area contributed by atoms with Crippen molar-refractivity contribution in [2.24, 2.45) is 5.84 Å². The number of hydrogen-bond acceptors (Lipinski definition) is 5. The van der Waals surface area contributed by atoms with Crippen molar-refractivity contribution in [3.63, 3.8) is 0 Å². The van der Waals surface area contributed by atoms with Gasteiger partial charge in [0, 0.05) is 18.6 Å². The van der Waals surface area contributed by atoms with Gasteiger partial charge in [-0.25, -0.2) is 5.84 Å². The van der Waals surface area contributed by atoms with Gasteiger partial charge in [0.25, 0.3) is 5.69 Å². The van der Waals surface area contributed by atoms with Crippen LogP contribution in [-0.2, 0) is 0 Å². The summed E-state index contributed by atoms with van der Waals surface area (Å²) >= 11 is 0. The van der Waals surface area contributed by atoms with E-state index in [9.17, 15) is 20.2 Å². The second-order valence-corrected chi connectivity index (χ2v) is 5.06. The molecule has 0 saturated heterocycles. The van der Waals surface area contributed by atoms with Gasteiger partial charge in [0.2, 0.25) is 0 Å². The fourth-order valence-corrected chi connectivity index (χ4v) is 2.11. The third-order valence-electron chi connectivity index (χ3n) is 3.33. The molecule has 0 atom stereocenters.